The summed E-state index contributed by atoms with van der Waals surface area (Å²) in [4.78, 5) is 0. The Balaban J connectivity index is 1.28. The van der Waals surface area contributed by atoms with Crippen LogP contribution in [-0.4, -0.2) is 21.8 Å². The molecule has 0 amide bonds. The predicted molar refractivity (Wildman–Crippen MR) is 78.7 cm³/mol. The fraction of sp³-hybridized carbons (Fsp3) is 0.875. The Hall–Kier alpha value is -1.10. The monoisotopic (exact) mass is 288 g/mol. The number of hydrogen-bond donors (Lipinski definition) is 2. The minimum absolute atomic E-state index is 0.252. The summed E-state index contributed by atoms with van der Waals surface area (Å²) in [7, 11) is 0. The molecule has 5 nitrogen and oxygen atoms in total. The van der Waals surface area contributed by atoms with Crippen molar-refractivity contribution in [3.8, 4) is 0 Å². The summed E-state index contributed by atoms with van der Waals surface area (Å²) in [6.45, 7) is 0.709. The molecule has 0 saturated heterocycles. The van der Waals surface area contributed by atoms with Crippen LogP contribution < -0.4 is 10.6 Å². The van der Waals surface area contributed by atoms with E-state index in [1.165, 1.54) is 51.4 Å². The quantitative estimate of drug-likeness (QED) is 0.872. The van der Waals surface area contributed by atoms with Crippen LogP contribution >= 0.6 is 0 Å². The molecule has 1 aromatic heterocycles. The Labute approximate surface area is 125 Å². The van der Waals surface area contributed by atoms with Crippen molar-refractivity contribution < 1.29 is 4.42 Å². The first-order valence-electron chi connectivity index (χ1n) is 8.60. The second-order valence-corrected chi connectivity index (χ2v) is 7.98. The van der Waals surface area contributed by atoms with Crippen LogP contribution in [-0.2, 0) is 6.54 Å². The maximum Gasteiger partial charge on any atom is 0.315 e. The fourth-order valence-corrected chi connectivity index (χ4v) is 5.39. The molecule has 0 unspecified atom stereocenters. The van der Waals surface area contributed by atoms with Gasteiger partial charge in [-0.25, -0.2) is 0 Å². The summed E-state index contributed by atoms with van der Waals surface area (Å²) in [6, 6.07) is 1.32. The van der Waals surface area contributed by atoms with E-state index in [0.717, 1.165) is 17.8 Å². The molecule has 21 heavy (non-hydrogen) atoms. The zero-order chi connectivity index (χ0) is 13.9. The SMILES string of the molecule is C(NC1CC1)c1nnc(NC23CC4CC(CC(C4)C2)C3)o1. The molecule has 0 atom stereocenters. The minimum atomic E-state index is 0.252. The normalized spacial score (nSPS) is 40.7. The van der Waals surface area contributed by atoms with E-state index >= 15 is 0 Å². The number of aromatic nitrogens is 2. The summed E-state index contributed by atoms with van der Waals surface area (Å²) in [5.41, 5.74) is 0.252. The lowest BCUT2D eigenvalue weighted by molar-refractivity contribution is 0.00958. The van der Waals surface area contributed by atoms with Gasteiger partial charge in [0, 0.05) is 11.6 Å². The highest BCUT2D eigenvalue weighted by Gasteiger charge is 2.51. The van der Waals surface area contributed by atoms with Crippen molar-refractivity contribution in [3.63, 3.8) is 0 Å². The Morgan fingerprint density at radius 2 is 1.67 bits per heavy atom. The first-order chi connectivity index (χ1) is 10.3. The third kappa shape index (κ3) is 2.35. The van der Waals surface area contributed by atoms with Gasteiger partial charge in [-0.05, 0) is 69.1 Å². The molecule has 4 bridgehead atoms. The molecule has 2 N–H and O–H groups in total. The molecule has 0 radical (unpaired) electrons. The third-order valence-electron chi connectivity index (χ3n) is 6.00. The molecular weight excluding hydrogens is 264 g/mol. The van der Waals surface area contributed by atoms with Gasteiger partial charge in [-0.1, -0.05) is 5.10 Å². The molecule has 5 saturated carbocycles. The van der Waals surface area contributed by atoms with E-state index in [4.69, 9.17) is 4.42 Å². The lowest BCUT2D eigenvalue weighted by Crippen LogP contribution is -2.54. The van der Waals surface area contributed by atoms with Gasteiger partial charge in [-0.15, -0.1) is 5.10 Å². The molecule has 5 aliphatic carbocycles. The summed E-state index contributed by atoms with van der Waals surface area (Å²) in [6.07, 6.45) is 10.9. The van der Waals surface area contributed by atoms with Crippen molar-refractivity contribution in [2.45, 2.75) is 69.5 Å². The summed E-state index contributed by atoms with van der Waals surface area (Å²) < 4.78 is 5.81. The minimum Gasteiger partial charge on any atom is -0.407 e. The second kappa shape index (κ2) is 4.45. The number of nitrogens with zero attached hydrogens (tertiary/aromatic N) is 2. The first kappa shape index (κ1) is 12.4. The molecule has 5 aliphatic rings. The Morgan fingerprint density at radius 1 is 1.00 bits per heavy atom. The number of anilines is 1. The van der Waals surface area contributed by atoms with E-state index in [-0.39, 0.29) is 5.54 Å². The number of hydrogen-bond acceptors (Lipinski definition) is 5. The highest BCUT2D eigenvalue weighted by Crippen LogP contribution is 2.56. The number of rotatable bonds is 5. The average Bonchev–Trinajstić information content (AvgIpc) is 3.15. The van der Waals surface area contributed by atoms with Gasteiger partial charge in [0.2, 0.25) is 5.89 Å². The van der Waals surface area contributed by atoms with E-state index < -0.39 is 0 Å². The van der Waals surface area contributed by atoms with Gasteiger partial charge < -0.3 is 15.1 Å². The van der Waals surface area contributed by atoms with E-state index in [0.29, 0.717) is 24.5 Å². The van der Waals surface area contributed by atoms with Crippen molar-refractivity contribution in [1.29, 1.82) is 0 Å². The van der Waals surface area contributed by atoms with Crippen LogP contribution in [0.15, 0.2) is 4.42 Å². The third-order valence-corrected chi connectivity index (χ3v) is 6.00. The van der Waals surface area contributed by atoms with Crippen LogP contribution in [0.1, 0.15) is 57.3 Å². The van der Waals surface area contributed by atoms with Crippen molar-refractivity contribution in [2.24, 2.45) is 17.8 Å². The molecule has 114 valence electrons. The summed E-state index contributed by atoms with van der Waals surface area (Å²) >= 11 is 0. The van der Waals surface area contributed by atoms with Crippen molar-refractivity contribution >= 4 is 6.01 Å². The van der Waals surface area contributed by atoms with Gasteiger partial charge in [0.05, 0.1) is 6.54 Å². The van der Waals surface area contributed by atoms with Crippen LogP contribution in [0.25, 0.3) is 0 Å². The van der Waals surface area contributed by atoms with E-state index in [2.05, 4.69) is 20.8 Å². The highest BCUT2D eigenvalue weighted by molar-refractivity contribution is 5.27. The van der Waals surface area contributed by atoms with Gasteiger partial charge in [0.1, 0.15) is 0 Å². The largest absolute Gasteiger partial charge is 0.407 e. The molecule has 6 rings (SSSR count). The zero-order valence-electron chi connectivity index (χ0n) is 12.5. The summed E-state index contributed by atoms with van der Waals surface area (Å²) in [5, 5.41) is 15.5. The lowest BCUT2D eigenvalue weighted by Gasteiger charge is -2.56. The molecule has 0 aromatic carbocycles. The van der Waals surface area contributed by atoms with Gasteiger partial charge in [-0.2, -0.15) is 0 Å². The molecule has 5 fully saturated rings. The maximum atomic E-state index is 5.81. The van der Waals surface area contributed by atoms with Crippen LogP contribution in [0, 0.1) is 17.8 Å². The van der Waals surface area contributed by atoms with E-state index in [9.17, 15) is 0 Å². The summed E-state index contributed by atoms with van der Waals surface area (Å²) in [5.74, 6) is 3.52. The van der Waals surface area contributed by atoms with Crippen molar-refractivity contribution in [2.75, 3.05) is 5.32 Å². The standard InChI is InChI=1S/C16H24N4O/c1-2-13(1)17-9-14-19-20-15(21-14)18-16-6-10-3-11(7-16)5-12(4-10)8-16/h10-13,17H,1-9H2,(H,18,20). The Kier molecular flexibility index (Phi) is 2.64. The lowest BCUT2D eigenvalue weighted by atomic mass is 9.53. The maximum absolute atomic E-state index is 5.81. The second-order valence-electron chi connectivity index (χ2n) is 7.98. The van der Waals surface area contributed by atoms with Gasteiger partial charge >= 0.3 is 6.01 Å². The van der Waals surface area contributed by atoms with Crippen molar-refractivity contribution in [3.05, 3.63) is 5.89 Å². The predicted octanol–water partition coefficient (Wildman–Crippen LogP) is 2.70. The van der Waals surface area contributed by atoms with Crippen LogP contribution in [0.2, 0.25) is 0 Å². The Bertz CT molecular complexity index is 501. The fourth-order valence-electron chi connectivity index (χ4n) is 5.39. The van der Waals surface area contributed by atoms with E-state index in [1.54, 1.807) is 0 Å². The molecule has 0 aliphatic heterocycles. The topological polar surface area (TPSA) is 63.0 Å². The highest BCUT2D eigenvalue weighted by atomic mass is 16.4. The van der Waals surface area contributed by atoms with Gasteiger partial charge in [0.15, 0.2) is 0 Å². The van der Waals surface area contributed by atoms with E-state index in [1.807, 2.05) is 0 Å². The van der Waals surface area contributed by atoms with Crippen molar-refractivity contribution in [1.82, 2.24) is 15.5 Å². The molecule has 1 aromatic rings. The molecule has 0 spiro atoms. The van der Waals surface area contributed by atoms with Crippen LogP contribution in [0.3, 0.4) is 0 Å². The Morgan fingerprint density at radius 3 is 2.29 bits per heavy atom. The molecule has 5 heteroatoms. The van der Waals surface area contributed by atoms with Gasteiger partial charge in [-0.3, -0.25) is 0 Å². The molecular formula is C16H24N4O. The smallest absolute Gasteiger partial charge is 0.315 e. The van der Waals surface area contributed by atoms with Crippen LogP contribution in [0.5, 0.6) is 0 Å². The number of nitrogens with one attached hydrogen (secondary N) is 2. The first-order valence-corrected chi connectivity index (χ1v) is 8.60. The van der Waals surface area contributed by atoms with Gasteiger partial charge in [0.25, 0.3) is 0 Å². The zero-order valence-corrected chi connectivity index (χ0v) is 12.5. The average molecular weight is 288 g/mol. The molecule has 1 heterocycles. The van der Waals surface area contributed by atoms with Crippen LogP contribution in [0.4, 0.5) is 6.01 Å².